The zero-order valence-electron chi connectivity index (χ0n) is 17.1. The van der Waals surface area contributed by atoms with Crippen molar-refractivity contribution in [1.29, 1.82) is 0 Å². The van der Waals surface area contributed by atoms with Crippen molar-refractivity contribution in [1.82, 2.24) is 0 Å². The van der Waals surface area contributed by atoms with Gasteiger partial charge in [0.15, 0.2) is 0 Å². The number of carbonyl (C=O) groups excluding carboxylic acids is 1. The summed E-state index contributed by atoms with van der Waals surface area (Å²) in [5.74, 6) is -1.73. The minimum Gasteiger partial charge on any atom is -0.465 e. The topological polar surface area (TPSA) is 128 Å². The summed E-state index contributed by atoms with van der Waals surface area (Å²) < 4.78 is 75.4. The third kappa shape index (κ3) is 6.30. The van der Waals surface area contributed by atoms with E-state index < -0.39 is 41.1 Å². The lowest BCUT2D eigenvalue weighted by molar-refractivity contribution is -0.0500. The molecule has 31 heavy (non-hydrogen) atoms. The molecular weight excluding hydrogens is 461 g/mol. The Bertz CT molecular complexity index is 980. The van der Waals surface area contributed by atoms with Crippen molar-refractivity contribution in [3.8, 4) is 5.75 Å². The van der Waals surface area contributed by atoms with Gasteiger partial charge < -0.3 is 13.7 Å². The molecule has 0 spiro atoms. The number of esters is 1. The van der Waals surface area contributed by atoms with Crippen molar-refractivity contribution in [3.63, 3.8) is 0 Å². The first-order valence-electron chi connectivity index (χ1n) is 8.86. The molecule has 1 aliphatic rings. The highest BCUT2D eigenvalue weighted by atomic mass is 32.2. The van der Waals surface area contributed by atoms with Gasteiger partial charge in [0, 0.05) is 20.2 Å². The fourth-order valence-corrected chi connectivity index (χ4v) is 3.55. The Balaban J connectivity index is 2.43. The van der Waals surface area contributed by atoms with Gasteiger partial charge in [0.1, 0.15) is 12.4 Å². The zero-order chi connectivity index (χ0) is 23.5. The van der Waals surface area contributed by atoms with Crippen molar-refractivity contribution in [3.05, 3.63) is 29.3 Å². The van der Waals surface area contributed by atoms with E-state index in [9.17, 15) is 26.4 Å². The lowest BCUT2D eigenvalue weighted by atomic mass is 9.99. The first-order valence-corrected chi connectivity index (χ1v) is 14.0. The molecule has 0 atom stereocenters. The van der Waals surface area contributed by atoms with Gasteiger partial charge in [-0.25, -0.2) is 4.79 Å². The largest absolute Gasteiger partial charge is 0.534 e. The highest BCUT2D eigenvalue weighted by Crippen LogP contribution is 2.37. The molecule has 1 aromatic carbocycles. The van der Waals surface area contributed by atoms with Crippen LogP contribution in [0, 0.1) is 0 Å². The molecule has 15 heteroatoms. The van der Waals surface area contributed by atoms with Crippen molar-refractivity contribution in [2.45, 2.75) is 36.9 Å². The third-order valence-corrected chi connectivity index (χ3v) is 6.72. The number of halogens is 3. The fourth-order valence-electron chi connectivity index (χ4n) is 2.35. The molecule has 2 rings (SSSR count). The monoisotopic (exact) mass is 482 g/mol. The maximum absolute atomic E-state index is 12.7. The van der Waals surface area contributed by atoms with Gasteiger partial charge in [-0.05, 0) is 34.7 Å². The Morgan fingerprint density at radius 1 is 1.13 bits per heavy atom. The molecule has 10 nitrogen and oxygen atoms in total. The normalized spacial score (nSPS) is 15.8. The van der Waals surface area contributed by atoms with E-state index in [1.165, 1.54) is 6.07 Å². The predicted octanol–water partition coefficient (Wildman–Crippen LogP) is 4.04. The van der Waals surface area contributed by atoms with Gasteiger partial charge in [-0.15, -0.1) is 10.2 Å². The van der Waals surface area contributed by atoms with E-state index >= 15 is 0 Å². The zero-order valence-corrected chi connectivity index (χ0v) is 19.0. The summed E-state index contributed by atoms with van der Waals surface area (Å²) in [4.78, 5) is 12.0. The third-order valence-electron chi connectivity index (χ3n) is 4.04. The Morgan fingerprint density at radius 3 is 2.26 bits per heavy atom. The number of alkyl halides is 3. The van der Waals surface area contributed by atoms with Crippen molar-refractivity contribution >= 4 is 24.2 Å². The average molecular weight is 483 g/mol. The number of ether oxygens (including phenoxy) is 2. The summed E-state index contributed by atoms with van der Waals surface area (Å²) in [6.07, 6.45) is 0. The first-order chi connectivity index (χ1) is 14.2. The Kier molecular flexibility index (Phi) is 7.22. The Labute approximate surface area is 177 Å². The second-order valence-corrected chi connectivity index (χ2v) is 14.9. The second-order valence-electron chi connectivity index (χ2n) is 7.78. The second kappa shape index (κ2) is 9.00. The van der Waals surface area contributed by atoms with E-state index in [1.54, 1.807) is 0 Å². The number of nitrogens with zero attached hydrogens (tertiary/aromatic N) is 4. The van der Waals surface area contributed by atoms with Crippen LogP contribution in [-0.2, 0) is 25.3 Å². The fraction of sp³-hybridized carbons (Fsp3) is 0.562. The molecule has 0 radical (unpaired) electrons. The van der Waals surface area contributed by atoms with Crippen molar-refractivity contribution in [2.75, 3.05) is 20.3 Å². The van der Waals surface area contributed by atoms with Gasteiger partial charge in [0.25, 0.3) is 0 Å². The molecule has 0 saturated heterocycles. The maximum Gasteiger partial charge on any atom is 0.534 e. The molecule has 0 amide bonds. The molecule has 172 valence electrons. The molecule has 1 heterocycles. The van der Waals surface area contributed by atoms with Gasteiger partial charge >= 0.3 is 21.6 Å². The van der Waals surface area contributed by atoms with Crippen molar-refractivity contribution in [2.24, 2.45) is 20.7 Å². The summed E-state index contributed by atoms with van der Waals surface area (Å²) in [5, 5.41) is 14.6. The molecule has 0 fully saturated rings. The van der Waals surface area contributed by atoms with Crippen LogP contribution in [0.3, 0.4) is 0 Å². The number of benzene rings is 1. The van der Waals surface area contributed by atoms with Gasteiger partial charge in [-0.3, -0.25) is 0 Å². The quantitative estimate of drug-likeness (QED) is 0.172. The average Bonchev–Trinajstić information content (AvgIpc) is 3.12. The summed E-state index contributed by atoms with van der Waals surface area (Å²) in [6, 6.07) is 3.77. The molecular formula is C16H21F3N4O6SSi. The summed E-state index contributed by atoms with van der Waals surface area (Å²) in [7, 11) is -6.34. The molecule has 0 aliphatic carbocycles. The van der Waals surface area contributed by atoms with Crippen LogP contribution in [0.2, 0.25) is 25.7 Å². The van der Waals surface area contributed by atoms with Crippen LogP contribution in [0.25, 0.3) is 0 Å². The lowest BCUT2D eigenvalue weighted by Crippen LogP contribution is -2.30. The molecule has 0 aromatic heterocycles. The predicted molar refractivity (Wildman–Crippen MR) is 104 cm³/mol. The first kappa shape index (κ1) is 24.9. The van der Waals surface area contributed by atoms with Crippen LogP contribution in [0.4, 0.5) is 13.2 Å². The molecule has 0 unspecified atom stereocenters. The van der Waals surface area contributed by atoms with Crippen LogP contribution < -0.4 is 4.18 Å². The van der Waals surface area contributed by atoms with Crippen LogP contribution in [0.5, 0.6) is 5.75 Å². The molecule has 0 saturated carbocycles. The minimum absolute atomic E-state index is 0.0132. The number of carbonyl (C=O) groups is 1. The van der Waals surface area contributed by atoms with Crippen LogP contribution >= 0.6 is 0 Å². The molecule has 0 bridgehead atoms. The number of rotatable bonds is 9. The van der Waals surface area contributed by atoms with E-state index in [4.69, 9.17) is 4.74 Å². The van der Waals surface area contributed by atoms with E-state index in [2.05, 4.69) is 49.2 Å². The lowest BCUT2D eigenvalue weighted by Gasteiger charge is -2.23. The number of methoxy groups -OCH3 is 1. The van der Waals surface area contributed by atoms with E-state index in [1.807, 2.05) is 0 Å². The van der Waals surface area contributed by atoms with E-state index in [0.717, 1.165) is 25.3 Å². The highest BCUT2D eigenvalue weighted by Gasteiger charge is 2.49. The van der Waals surface area contributed by atoms with Crippen LogP contribution in [0.1, 0.15) is 15.9 Å². The smallest absolute Gasteiger partial charge is 0.465 e. The Hall–Kier alpha value is -2.39. The molecule has 1 aliphatic heterocycles. The number of hydrogen-bond donors (Lipinski definition) is 0. The SMILES string of the molecule is COC(=O)c1cc(OS(=O)(=O)C(F)(F)F)cc(C2(COCC[Si](C)(C)C)N=NN=N2)c1. The summed E-state index contributed by atoms with van der Waals surface area (Å²) >= 11 is 0. The maximum atomic E-state index is 12.7. The molecule has 0 N–H and O–H groups in total. The van der Waals surface area contributed by atoms with Crippen molar-refractivity contribution < 1.29 is 40.0 Å². The van der Waals surface area contributed by atoms with Gasteiger partial charge in [-0.1, -0.05) is 19.6 Å². The van der Waals surface area contributed by atoms with Gasteiger partial charge in [-0.2, -0.15) is 21.6 Å². The van der Waals surface area contributed by atoms with Crippen LogP contribution in [-0.4, -0.2) is 48.3 Å². The van der Waals surface area contributed by atoms with E-state index in [-0.39, 0.29) is 17.7 Å². The number of hydrogen-bond acceptors (Lipinski definition) is 10. The summed E-state index contributed by atoms with van der Waals surface area (Å²) in [5.41, 5.74) is -7.59. The van der Waals surface area contributed by atoms with Crippen LogP contribution in [0.15, 0.2) is 38.9 Å². The van der Waals surface area contributed by atoms with E-state index in [0.29, 0.717) is 6.61 Å². The highest BCUT2D eigenvalue weighted by molar-refractivity contribution is 7.88. The standard InChI is InChI=1S/C16H21F3N4O6SSi/c1-27-14(24)11-7-12(9-13(8-11)29-30(25,26)16(17,18)19)15(20-22-23-21-15)10-28-5-6-31(2,3)4/h7-9H,5-6,10H2,1-4H3. The molecule has 1 aromatic rings. The van der Waals surface area contributed by atoms with Gasteiger partial charge in [0.05, 0.1) is 12.7 Å². The Morgan fingerprint density at radius 2 is 1.74 bits per heavy atom. The minimum atomic E-state index is -5.98. The van der Waals surface area contributed by atoms with Gasteiger partial charge in [0.2, 0.25) is 5.66 Å². The summed E-state index contributed by atoms with van der Waals surface area (Å²) in [6.45, 7) is 6.61.